The number of fused-ring (bicyclic) bond motifs is 1. The number of amidine groups is 1. The van der Waals surface area contributed by atoms with Crippen LogP contribution in [0.1, 0.15) is 11.1 Å². The molecular formula is C23H24N4O3S. The van der Waals surface area contributed by atoms with E-state index in [9.17, 15) is 13.2 Å². The second-order valence-electron chi connectivity index (χ2n) is 7.58. The van der Waals surface area contributed by atoms with Gasteiger partial charge in [-0.1, -0.05) is 54.6 Å². The number of rotatable bonds is 5. The van der Waals surface area contributed by atoms with Crippen molar-refractivity contribution in [2.24, 2.45) is 5.73 Å². The highest BCUT2D eigenvalue weighted by atomic mass is 32.2. The van der Waals surface area contributed by atoms with Crippen LogP contribution in [-0.2, 0) is 21.2 Å². The van der Waals surface area contributed by atoms with Crippen LogP contribution in [0.5, 0.6) is 0 Å². The molecule has 1 amide bonds. The number of hydrogen-bond donors (Lipinski definition) is 2. The fourth-order valence-electron chi connectivity index (χ4n) is 3.74. The largest absolute Gasteiger partial charge is 0.384 e. The fraction of sp³-hybridized carbons (Fsp3) is 0.217. The maximum absolute atomic E-state index is 13.1. The van der Waals surface area contributed by atoms with Crippen LogP contribution >= 0.6 is 0 Å². The lowest BCUT2D eigenvalue weighted by atomic mass is 10.1. The van der Waals surface area contributed by atoms with Crippen LogP contribution in [0.3, 0.4) is 0 Å². The van der Waals surface area contributed by atoms with E-state index in [1.165, 1.54) is 4.31 Å². The molecule has 1 heterocycles. The van der Waals surface area contributed by atoms with Gasteiger partial charge in [-0.15, -0.1) is 0 Å². The molecule has 8 heteroatoms. The molecule has 4 rings (SSSR count). The Morgan fingerprint density at radius 3 is 2.19 bits per heavy atom. The number of piperazine rings is 1. The molecule has 0 radical (unpaired) electrons. The van der Waals surface area contributed by atoms with Crippen molar-refractivity contribution < 1.29 is 13.2 Å². The highest BCUT2D eigenvalue weighted by Gasteiger charge is 2.30. The summed E-state index contributed by atoms with van der Waals surface area (Å²) < 4.78 is 27.6. The molecule has 1 aliphatic rings. The maximum atomic E-state index is 13.1. The normalized spacial score (nSPS) is 15.2. The third-order valence-electron chi connectivity index (χ3n) is 5.57. The van der Waals surface area contributed by atoms with Gasteiger partial charge < -0.3 is 10.6 Å². The van der Waals surface area contributed by atoms with Gasteiger partial charge in [-0.25, -0.2) is 8.42 Å². The van der Waals surface area contributed by atoms with Crippen molar-refractivity contribution in [3.8, 4) is 0 Å². The number of sulfonamides is 1. The average Bonchev–Trinajstić information content (AvgIpc) is 2.79. The molecular weight excluding hydrogens is 412 g/mol. The van der Waals surface area contributed by atoms with Crippen LogP contribution in [0.4, 0.5) is 0 Å². The van der Waals surface area contributed by atoms with Crippen molar-refractivity contribution >= 4 is 32.5 Å². The van der Waals surface area contributed by atoms with Gasteiger partial charge in [0, 0.05) is 31.7 Å². The van der Waals surface area contributed by atoms with Gasteiger partial charge in [-0.05, 0) is 28.5 Å². The molecule has 1 fully saturated rings. The summed E-state index contributed by atoms with van der Waals surface area (Å²) in [5, 5.41) is 9.30. The van der Waals surface area contributed by atoms with Gasteiger partial charge in [0.2, 0.25) is 15.9 Å². The molecule has 1 aliphatic heterocycles. The van der Waals surface area contributed by atoms with Crippen molar-refractivity contribution in [1.29, 1.82) is 5.41 Å². The Kier molecular flexibility index (Phi) is 5.75. The molecule has 3 aromatic rings. The van der Waals surface area contributed by atoms with Crippen molar-refractivity contribution in [3.63, 3.8) is 0 Å². The number of nitrogens with two attached hydrogens (primary N) is 1. The number of benzene rings is 3. The summed E-state index contributed by atoms with van der Waals surface area (Å²) in [5.41, 5.74) is 6.90. The SMILES string of the molecule is N=C(N)c1ccc(CC(=O)N2CCN(S(=O)(=O)c3ccc4ccccc4c3)CC2)cc1. The molecule has 0 unspecified atom stereocenters. The third-order valence-corrected chi connectivity index (χ3v) is 7.46. The zero-order valence-corrected chi connectivity index (χ0v) is 17.8. The van der Waals surface area contributed by atoms with E-state index in [1.807, 2.05) is 30.3 Å². The summed E-state index contributed by atoms with van der Waals surface area (Å²) in [6, 6.07) is 19.8. The number of nitrogens with one attached hydrogen (secondary N) is 1. The van der Waals surface area contributed by atoms with E-state index in [0.29, 0.717) is 18.7 Å². The molecule has 0 spiro atoms. The molecule has 1 saturated heterocycles. The first-order valence-corrected chi connectivity index (χ1v) is 11.5. The Bertz CT molecular complexity index is 1230. The Balaban J connectivity index is 1.40. The quantitative estimate of drug-likeness (QED) is 0.472. The number of carbonyl (C=O) groups is 1. The minimum atomic E-state index is -3.61. The topological polar surface area (TPSA) is 108 Å². The van der Waals surface area contributed by atoms with E-state index in [-0.39, 0.29) is 36.1 Å². The molecule has 0 aromatic heterocycles. The van der Waals surface area contributed by atoms with Crippen LogP contribution in [0.25, 0.3) is 10.8 Å². The Hall–Kier alpha value is -3.23. The van der Waals surface area contributed by atoms with Gasteiger partial charge in [-0.3, -0.25) is 10.2 Å². The third kappa shape index (κ3) is 4.45. The van der Waals surface area contributed by atoms with Crippen LogP contribution in [0, 0.1) is 5.41 Å². The van der Waals surface area contributed by atoms with Gasteiger partial charge in [0.05, 0.1) is 11.3 Å². The molecule has 7 nitrogen and oxygen atoms in total. The van der Waals surface area contributed by atoms with E-state index in [0.717, 1.165) is 16.3 Å². The second-order valence-corrected chi connectivity index (χ2v) is 9.52. The van der Waals surface area contributed by atoms with Crippen molar-refractivity contribution in [2.75, 3.05) is 26.2 Å². The lowest BCUT2D eigenvalue weighted by Crippen LogP contribution is -2.50. The van der Waals surface area contributed by atoms with Crippen LogP contribution < -0.4 is 5.73 Å². The highest BCUT2D eigenvalue weighted by molar-refractivity contribution is 7.89. The average molecular weight is 437 g/mol. The zero-order valence-electron chi connectivity index (χ0n) is 17.0. The van der Waals surface area contributed by atoms with Gasteiger partial charge in [0.1, 0.15) is 5.84 Å². The summed E-state index contributed by atoms with van der Waals surface area (Å²) in [4.78, 5) is 14.6. The standard InChI is InChI=1S/C23H24N4O3S/c24-23(25)19-7-5-17(6-8-19)15-22(28)26-11-13-27(14-12-26)31(29,30)21-10-9-18-3-1-2-4-20(18)16-21/h1-10,16H,11-15H2,(H3,24,25). The zero-order chi connectivity index (χ0) is 22.0. The first-order valence-electron chi connectivity index (χ1n) is 10.0. The van der Waals surface area contributed by atoms with Crippen molar-refractivity contribution in [1.82, 2.24) is 9.21 Å². The molecule has 0 aliphatic carbocycles. The second kappa shape index (κ2) is 8.49. The van der Waals surface area contributed by atoms with Gasteiger partial charge in [0.25, 0.3) is 0 Å². The minimum Gasteiger partial charge on any atom is -0.384 e. The first-order chi connectivity index (χ1) is 14.8. The summed E-state index contributed by atoms with van der Waals surface area (Å²) in [6.45, 7) is 1.25. The lowest BCUT2D eigenvalue weighted by molar-refractivity contribution is -0.131. The first kappa shape index (κ1) is 21.0. The van der Waals surface area contributed by atoms with Crippen molar-refractivity contribution in [2.45, 2.75) is 11.3 Å². The summed E-state index contributed by atoms with van der Waals surface area (Å²) >= 11 is 0. The maximum Gasteiger partial charge on any atom is 0.243 e. The minimum absolute atomic E-state index is 0.0124. The molecule has 0 atom stereocenters. The van der Waals surface area contributed by atoms with E-state index in [2.05, 4.69) is 0 Å². The summed E-state index contributed by atoms with van der Waals surface area (Å²) in [5.74, 6) is -0.0556. The van der Waals surface area contributed by atoms with Gasteiger partial charge in [-0.2, -0.15) is 4.31 Å². The monoisotopic (exact) mass is 436 g/mol. The predicted molar refractivity (Wildman–Crippen MR) is 120 cm³/mol. The summed E-state index contributed by atoms with van der Waals surface area (Å²) in [6.07, 6.45) is 0.232. The Morgan fingerprint density at radius 2 is 1.55 bits per heavy atom. The van der Waals surface area contributed by atoms with Crippen LogP contribution in [-0.4, -0.2) is 55.5 Å². The fourth-order valence-corrected chi connectivity index (χ4v) is 5.20. The van der Waals surface area contributed by atoms with Crippen LogP contribution in [0.15, 0.2) is 71.6 Å². The molecule has 0 saturated carbocycles. The smallest absolute Gasteiger partial charge is 0.243 e. The lowest BCUT2D eigenvalue weighted by Gasteiger charge is -2.34. The van der Waals surface area contributed by atoms with Gasteiger partial charge in [0.15, 0.2) is 0 Å². The molecule has 3 N–H and O–H groups in total. The number of nitrogens with zero attached hydrogens (tertiary/aromatic N) is 2. The summed E-state index contributed by atoms with van der Waals surface area (Å²) in [7, 11) is -3.61. The van der Waals surface area contributed by atoms with E-state index in [1.54, 1.807) is 41.3 Å². The van der Waals surface area contributed by atoms with Gasteiger partial charge >= 0.3 is 0 Å². The Morgan fingerprint density at radius 1 is 0.903 bits per heavy atom. The van der Waals surface area contributed by atoms with E-state index in [4.69, 9.17) is 11.1 Å². The van der Waals surface area contributed by atoms with E-state index >= 15 is 0 Å². The number of carbonyl (C=O) groups excluding carboxylic acids is 1. The molecule has 3 aromatic carbocycles. The predicted octanol–water partition coefficient (Wildman–Crippen LogP) is 2.20. The molecule has 0 bridgehead atoms. The number of hydrogen-bond acceptors (Lipinski definition) is 4. The molecule has 31 heavy (non-hydrogen) atoms. The Labute approximate surface area is 181 Å². The number of amides is 1. The highest BCUT2D eigenvalue weighted by Crippen LogP contribution is 2.23. The molecule has 160 valence electrons. The van der Waals surface area contributed by atoms with Crippen LogP contribution in [0.2, 0.25) is 0 Å². The number of nitrogen functional groups attached to an aromatic ring is 1. The van der Waals surface area contributed by atoms with Crippen molar-refractivity contribution in [3.05, 3.63) is 77.9 Å². The van der Waals surface area contributed by atoms with E-state index < -0.39 is 10.0 Å².